The molecule has 0 N–H and O–H groups in total. The molecule has 0 radical (unpaired) electrons. The van der Waals surface area contributed by atoms with Crippen LogP contribution in [0.3, 0.4) is 0 Å². The lowest BCUT2D eigenvalue weighted by atomic mass is 9.93. The Kier molecular flexibility index (Phi) is 5.75. The Bertz CT molecular complexity index is 1400. The van der Waals surface area contributed by atoms with E-state index in [1.165, 1.54) is 6.07 Å². The number of benzene rings is 3. The van der Waals surface area contributed by atoms with Crippen LogP contribution in [0.15, 0.2) is 95.8 Å². The lowest BCUT2D eigenvalue weighted by molar-refractivity contribution is 0.0978. The van der Waals surface area contributed by atoms with Crippen molar-refractivity contribution in [3.05, 3.63) is 133 Å². The van der Waals surface area contributed by atoms with E-state index < -0.39 is 12.1 Å². The smallest absolute Gasteiger partial charge is 0.261 e. The molecule has 1 aliphatic rings. The molecule has 4 nitrogen and oxygen atoms in total. The van der Waals surface area contributed by atoms with Crippen LogP contribution in [0.25, 0.3) is 0 Å². The van der Waals surface area contributed by atoms with Gasteiger partial charge in [-0.05, 0) is 53.6 Å². The molecule has 1 aromatic heterocycles. The number of hydrogen-bond acceptors (Lipinski definition) is 2. The first kappa shape index (κ1) is 21.8. The van der Waals surface area contributed by atoms with E-state index >= 15 is 0 Å². The second-order valence-electron chi connectivity index (χ2n) is 7.74. The van der Waals surface area contributed by atoms with Crippen molar-refractivity contribution < 1.29 is 4.79 Å². The average molecular weight is 496 g/mol. The van der Waals surface area contributed by atoms with Gasteiger partial charge in [0.1, 0.15) is 5.82 Å². The summed E-state index contributed by atoms with van der Waals surface area (Å²) in [5.74, 6) is 0.198. The van der Waals surface area contributed by atoms with E-state index in [2.05, 4.69) is 0 Å². The lowest BCUT2D eigenvalue weighted by Gasteiger charge is -2.28. The van der Waals surface area contributed by atoms with Gasteiger partial charge in [-0.25, -0.2) is 0 Å². The van der Waals surface area contributed by atoms with Crippen molar-refractivity contribution in [2.75, 3.05) is 4.90 Å². The second-order valence-corrected chi connectivity index (χ2v) is 9.02. The van der Waals surface area contributed by atoms with Crippen molar-refractivity contribution in [1.29, 1.82) is 0 Å². The number of aromatic nitrogens is 1. The normalized spacial score (nSPS) is 17.1. The van der Waals surface area contributed by atoms with Crippen molar-refractivity contribution in [3.8, 4) is 0 Å². The Morgan fingerprint density at radius 1 is 0.667 bits per heavy atom. The SMILES string of the molecule is O=C(c1ccccc1Cl)N1c2cccc(=O)n2[C@@H](c2ccc(Cl)cc2)[C@H]1c1ccc(Cl)cc1. The van der Waals surface area contributed by atoms with Gasteiger partial charge in [-0.15, -0.1) is 0 Å². The molecule has 0 unspecified atom stereocenters. The highest BCUT2D eigenvalue weighted by Crippen LogP contribution is 2.47. The molecule has 164 valence electrons. The van der Waals surface area contributed by atoms with Gasteiger partial charge in [-0.3, -0.25) is 19.1 Å². The van der Waals surface area contributed by atoms with E-state index in [-0.39, 0.29) is 11.5 Å². The largest absolute Gasteiger partial charge is 0.284 e. The first-order valence-corrected chi connectivity index (χ1v) is 11.4. The molecule has 0 spiro atoms. The quantitative estimate of drug-likeness (QED) is 0.314. The molecular weight excluding hydrogens is 479 g/mol. The topological polar surface area (TPSA) is 42.3 Å². The fourth-order valence-corrected chi connectivity index (χ4v) is 4.84. The maximum atomic E-state index is 13.9. The van der Waals surface area contributed by atoms with Gasteiger partial charge >= 0.3 is 0 Å². The highest BCUT2D eigenvalue weighted by atomic mass is 35.5. The van der Waals surface area contributed by atoms with Crippen molar-refractivity contribution in [2.45, 2.75) is 12.1 Å². The van der Waals surface area contributed by atoms with E-state index in [1.54, 1.807) is 70.1 Å². The number of carbonyl (C=O) groups is 1. The minimum atomic E-state index is -0.512. The van der Waals surface area contributed by atoms with Gasteiger partial charge in [0.15, 0.2) is 0 Å². The minimum Gasteiger partial charge on any atom is -0.284 e. The van der Waals surface area contributed by atoms with Crippen LogP contribution in [-0.4, -0.2) is 10.5 Å². The van der Waals surface area contributed by atoms with E-state index in [0.29, 0.717) is 26.4 Å². The number of rotatable bonds is 3. The minimum absolute atomic E-state index is 0.208. The van der Waals surface area contributed by atoms with Crippen molar-refractivity contribution in [2.24, 2.45) is 0 Å². The highest BCUT2D eigenvalue weighted by Gasteiger charge is 2.44. The predicted molar refractivity (Wildman–Crippen MR) is 133 cm³/mol. The maximum Gasteiger partial charge on any atom is 0.261 e. The molecule has 0 saturated heterocycles. The molecule has 4 aromatic rings. The summed E-state index contributed by atoms with van der Waals surface area (Å²) < 4.78 is 1.65. The molecule has 33 heavy (non-hydrogen) atoms. The van der Waals surface area contributed by atoms with Crippen LogP contribution in [0.2, 0.25) is 15.1 Å². The number of hydrogen-bond donors (Lipinski definition) is 0. The van der Waals surface area contributed by atoms with Gasteiger partial charge < -0.3 is 0 Å². The number of amides is 1. The molecule has 7 heteroatoms. The van der Waals surface area contributed by atoms with Crippen LogP contribution in [0, 0.1) is 0 Å². The number of anilines is 1. The molecule has 2 atom stereocenters. The summed E-state index contributed by atoms with van der Waals surface area (Å²) in [6, 6.07) is 25.5. The summed E-state index contributed by atoms with van der Waals surface area (Å²) in [5, 5.41) is 1.51. The van der Waals surface area contributed by atoms with E-state index in [1.807, 2.05) is 24.3 Å². The first-order valence-electron chi connectivity index (χ1n) is 10.3. The maximum absolute atomic E-state index is 13.9. The molecule has 3 aromatic carbocycles. The number of carbonyl (C=O) groups excluding carboxylic acids is 1. The van der Waals surface area contributed by atoms with E-state index in [0.717, 1.165) is 11.1 Å². The lowest BCUT2D eigenvalue weighted by Crippen LogP contribution is -2.33. The van der Waals surface area contributed by atoms with Gasteiger partial charge in [-0.1, -0.05) is 77.3 Å². The zero-order chi connectivity index (χ0) is 23.1. The van der Waals surface area contributed by atoms with Gasteiger partial charge in [0, 0.05) is 16.1 Å². The Hall–Kier alpha value is -3.05. The van der Waals surface area contributed by atoms with Crippen LogP contribution in [0.5, 0.6) is 0 Å². The van der Waals surface area contributed by atoms with Crippen LogP contribution in [0.4, 0.5) is 5.82 Å². The fourth-order valence-electron chi connectivity index (χ4n) is 4.37. The Labute approximate surface area is 205 Å². The first-order chi connectivity index (χ1) is 16.0. The molecule has 0 aliphatic carbocycles. The zero-order valence-electron chi connectivity index (χ0n) is 17.2. The monoisotopic (exact) mass is 494 g/mol. The predicted octanol–water partition coefficient (Wildman–Crippen LogP) is 6.80. The van der Waals surface area contributed by atoms with Gasteiger partial charge in [0.25, 0.3) is 11.5 Å². The number of fused-ring (bicyclic) bond motifs is 1. The summed E-state index contributed by atoms with van der Waals surface area (Å²) in [4.78, 5) is 28.7. The van der Waals surface area contributed by atoms with Crippen LogP contribution >= 0.6 is 34.8 Å². The van der Waals surface area contributed by atoms with Crippen molar-refractivity contribution >= 4 is 46.5 Å². The molecule has 2 heterocycles. The zero-order valence-corrected chi connectivity index (χ0v) is 19.4. The third-order valence-corrected chi connectivity index (χ3v) is 6.65. The summed E-state index contributed by atoms with van der Waals surface area (Å²) in [6.07, 6.45) is 0. The Morgan fingerprint density at radius 2 is 1.24 bits per heavy atom. The van der Waals surface area contributed by atoms with E-state index in [4.69, 9.17) is 34.8 Å². The van der Waals surface area contributed by atoms with Crippen LogP contribution in [0.1, 0.15) is 33.6 Å². The molecule has 0 bridgehead atoms. The van der Waals surface area contributed by atoms with Gasteiger partial charge in [0.2, 0.25) is 0 Å². The standard InChI is InChI=1S/C26H17Cl3N2O2/c27-18-12-8-16(9-13-18)24-25(17-10-14-19(28)15-11-17)31(22-6-3-7-23(32)30(22)24)26(33)20-4-1-2-5-21(20)29/h1-15,24-25H/t24-,25+/m0/s1. The summed E-state index contributed by atoms with van der Waals surface area (Å²) >= 11 is 18.7. The van der Waals surface area contributed by atoms with Crippen LogP contribution < -0.4 is 10.5 Å². The van der Waals surface area contributed by atoms with Crippen molar-refractivity contribution in [1.82, 2.24) is 4.57 Å². The molecule has 5 rings (SSSR count). The Balaban J connectivity index is 1.78. The molecule has 0 saturated carbocycles. The third-order valence-electron chi connectivity index (χ3n) is 5.82. The van der Waals surface area contributed by atoms with Crippen LogP contribution in [-0.2, 0) is 0 Å². The average Bonchev–Trinajstić information content (AvgIpc) is 3.16. The Morgan fingerprint density at radius 3 is 1.85 bits per heavy atom. The molecule has 1 aliphatic heterocycles. The van der Waals surface area contributed by atoms with Gasteiger partial charge in [-0.2, -0.15) is 0 Å². The van der Waals surface area contributed by atoms with Crippen molar-refractivity contribution in [3.63, 3.8) is 0 Å². The second kappa shape index (κ2) is 8.71. The summed E-state index contributed by atoms with van der Waals surface area (Å²) in [6.45, 7) is 0. The fraction of sp³-hybridized carbons (Fsp3) is 0.0769. The third kappa shape index (κ3) is 3.84. The number of nitrogens with zero attached hydrogens (tertiary/aromatic N) is 2. The highest BCUT2D eigenvalue weighted by molar-refractivity contribution is 6.34. The van der Waals surface area contributed by atoms with Gasteiger partial charge in [0.05, 0.1) is 22.7 Å². The number of halogens is 3. The van der Waals surface area contributed by atoms with E-state index in [9.17, 15) is 9.59 Å². The molecular formula is C26H17Cl3N2O2. The summed E-state index contributed by atoms with van der Waals surface area (Å²) in [5.41, 5.74) is 1.84. The molecule has 0 fully saturated rings. The summed E-state index contributed by atoms with van der Waals surface area (Å²) in [7, 11) is 0. The molecule has 1 amide bonds. The number of pyridine rings is 1.